The Morgan fingerprint density at radius 3 is 2.46 bits per heavy atom. The summed E-state index contributed by atoms with van der Waals surface area (Å²) in [6, 6.07) is 7.87. The van der Waals surface area contributed by atoms with Crippen molar-refractivity contribution < 1.29 is 23.1 Å². The van der Waals surface area contributed by atoms with Gasteiger partial charge in [-0.15, -0.1) is 0 Å². The third-order valence-corrected chi connectivity index (χ3v) is 7.27. The fourth-order valence-electron chi connectivity index (χ4n) is 4.89. The second kappa shape index (κ2) is 9.26. The van der Waals surface area contributed by atoms with E-state index in [0.717, 1.165) is 19.0 Å². The summed E-state index contributed by atoms with van der Waals surface area (Å²) in [5, 5.41) is 15.7. The van der Waals surface area contributed by atoms with E-state index in [1.807, 2.05) is 0 Å². The van der Waals surface area contributed by atoms with Crippen LogP contribution in [-0.2, 0) is 17.5 Å². The molecule has 10 nitrogen and oxygen atoms in total. The number of amides is 1. The molecule has 1 aliphatic carbocycles. The Labute approximate surface area is 219 Å². The fourth-order valence-corrected chi connectivity index (χ4v) is 4.89. The van der Waals surface area contributed by atoms with Crippen molar-refractivity contribution in [2.24, 2.45) is 5.92 Å². The first kappa shape index (κ1) is 25.2. The number of halogens is 3. The summed E-state index contributed by atoms with van der Waals surface area (Å²) in [7, 11) is 0. The Kier molecular flexibility index (Phi) is 5.97. The molecule has 1 aromatic carbocycles. The number of rotatable bonds is 5. The summed E-state index contributed by atoms with van der Waals surface area (Å²) in [5.74, 6) is -0.932. The number of aliphatic hydroxyl groups is 1. The van der Waals surface area contributed by atoms with E-state index < -0.39 is 17.6 Å². The first-order chi connectivity index (χ1) is 18.6. The van der Waals surface area contributed by atoms with Crippen molar-refractivity contribution >= 4 is 16.9 Å². The van der Waals surface area contributed by atoms with Crippen molar-refractivity contribution in [1.29, 1.82) is 0 Å². The smallest absolute Gasteiger partial charge is 0.388 e. The van der Waals surface area contributed by atoms with Crippen LogP contribution in [0.2, 0.25) is 0 Å². The van der Waals surface area contributed by atoms with Gasteiger partial charge in [0.1, 0.15) is 11.7 Å². The molecule has 4 heterocycles. The molecule has 4 aromatic rings. The van der Waals surface area contributed by atoms with E-state index >= 15 is 0 Å². The lowest BCUT2D eigenvalue weighted by molar-refractivity contribution is -0.145. The van der Waals surface area contributed by atoms with Crippen LogP contribution in [0, 0.1) is 5.92 Å². The Morgan fingerprint density at radius 2 is 1.79 bits per heavy atom. The minimum Gasteiger partial charge on any atom is -0.388 e. The monoisotopic (exact) mass is 539 g/mol. The van der Waals surface area contributed by atoms with Crippen LogP contribution < -0.4 is 5.56 Å². The number of piperidine rings is 1. The molecular weight excluding hydrogens is 515 g/mol. The summed E-state index contributed by atoms with van der Waals surface area (Å²) in [4.78, 5) is 38.6. The van der Waals surface area contributed by atoms with E-state index in [1.54, 1.807) is 29.2 Å². The van der Waals surface area contributed by atoms with Gasteiger partial charge in [0.15, 0.2) is 5.65 Å². The van der Waals surface area contributed by atoms with Crippen LogP contribution in [0.1, 0.15) is 31.5 Å². The molecule has 13 heteroatoms. The van der Waals surface area contributed by atoms with Gasteiger partial charge in [-0.3, -0.25) is 14.2 Å². The molecule has 6 rings (SSSR count). The quantitative estimate of drug-likeness (QED) is 0.414. The van der Waals surface area contributed by atoms with Crippen LogP contribution in [0.4, 0.5) is 13.2 Å². The number of hydrogen-bond donors (Lipinski definition) is 1. The van der Waals surface area contributed by atoms with E-state index in [4.69, 9.17) is 0 Å². The van der Waals surface area contributed by atoms with Gasteiger partial charge in [0.2, 0.25) is 11.7 Å². The molecule has 1 amide bonds. The normalized spacial score (nSPS) is 17.5. The molecular formula is C26H24F3N7O3. The first-order valence-corrected chi connectivity index (χ1v) is 12.6. The van der Waals surface area contributed by atoms with Crippen molar-refractivity contribution in [2.75, 3.05) is 13.1 Å². The number of carbonyl (C=O) groups excluding carboxylic acids is 1. The predicted octanol–water partition coefficient (Wildman–Crippen LogP) is 2.82. The summed E-state index contributed by atoms with van der Waals surface area (Å²) >= 11 is 0. The number of fused-ring (bicyclic) bond motifs is 1. The second-order valence-electron chi connectivity index (χ2n) is 10.1. The molecule has 2 fully saturated rings. The molecule has 2 aliphatic rings. The molecule has 0 bridgehead atoms. The highest BCUT2D eigenvalue weighted by atomic mass is 19.4. The molecule has 0 unspecified atom stereocenters. The fraction of sp³-hybridized carbons (Fsp3) is 0.385. The summed E-state index contributed by atoms with van der Waals surface area (Å²) in [6.45, 7) is 0.965. The highest BCUT2D eigenvalue weighted by Crippen LogP contribution is 2.33. The molecule has 1 aliphatic heterocycles. The maximum Gasteiger partial charge on any atom is 0.451 e. The van der Waals surface area contributed by atoms with E-state index in [-0.39, 0.29) is 35.0 Å². The standard InChI is InChI=1S/C26H24F3N7O3/c27-26(28,29)24-30-10-7-20(33-24)16-3-5-18(6-4-16)36-21-19(13-32-36)23(38)35(15-31-21)14-25(39)8-11-34(12-9-25)22(37)17-1-2-17/h3-7,10,13,15,17,39H,1-2,8-9,11-12,14H2. The predicted molar refractivity (Wildman–Crippen MR) is 133 cm³/mol. The molecule has 1 N–H and O–H groups in total. The second-order valence-corrected chi connectivity index (χ2v) is 10.1. The zero-order chi connectivity index (χ0) is 27.4. The Hall–Kier alpha value is -4.13. The average molecular weight is 540 g/mol. The van der Waals surface area contributed by atoms with Gasteiger partial charge in [0, 0.05) is 30.8 Å². The number of benzene rings is 1. The van der Waals surface area contributed by atoms with Crippen LogP contribution in [0.15, 0.2) is 53.8 Å². The van der Waals surface area contributed by atoms with Crippen molar-refractivity contribution in [3.05, 3.63) is 65.2 Å². The molecule has 3 aromatic heterocycles. The lowest BCUT2D eigenvalue weighted by Gasteiger charge is -2.38. The molecule has 0 atom stereocenters. The van der Waals surface area contributed by atoms with Gasteiger partial charge >= 0.3 is 6.18 Å². The highest BCUT2D eigenvalue weighted by molar-refractivity contribution is 5.81. The van der Waals surface area contributed by atoms with Gasteiger partial charge < -0.3 is 10.0 Å². The van der Waals surface area contributed by atoms with Crippen molar-refractivity contribution in [3.63, 3.8) is 0 Å². The largest absolute Gasteiger partial charge is 0.451 e. The number of aromatic nitrogens is 6. The van der Waals surface area contributed by atoms with Crippen molar-refractivity contribution in [3.8, 4) is 16.9 Å². The van der Waals surface area contributed by atoms with Crippen LogP contribution in [0.5, 0.6) is 0 Å². The maximum atomic E-state index is 13.2. The van der Waals surface area contributed by atoms with Gasteiger partial charge in [0.05, 0.1) is 29.7 Å². The molecule has 1 saturated heterocycles. The molecule has 1 saturated carbocycles. The van der Waals surface area contributed by atoms with E-state index in [0.29, 0.717) is 42.8 Å². The maximum absolute atomic E-state index is 13.2. The number of carbonyl (C=O) groups is 1. The van der Waals surface area contributed by atoms with Gasteiger partial charge in [-0.2, -0.15) is 18.3 Å². The van der Waals surface area contributed by atoms with Crippen LogP contribution >= 0.6 is 0 Å². The lowest BCUT2D eigenvalue weighted by atomic mass is 9.91. The van der Waals surface area contributed by atoms with E-state index in [1.165, 1.54) is 27.8 Å². The van der Waals surface area contributed by atoms with Crippen molar-refractivity contribution in [1.82, 2.24) is 34.2 Å². The number of hydrogen-bond acceptors (Lipinski definition) is 7. The third-order valence-electron chi connectivity index (χ3n) is 7.27. The molecule has 0 spiro atoms. The van der Waals surface area contributed by atoms with Gasteiger partial charge in [-0.25, -0.2) is 19.6 Å². The van der Waals surface area contributed by atoms with Crippen LogP contribution in [0.25, 0.3) is 28.0 Å². The number of alkyl halides is 3. The van der Waals surface area contributed by atoms with Gasteiger partial charge in [-0.05, 0) is 43.9 Å². The summed E-state index contributed by atoms with van der Waals surface area (Å²) < 4.78 is 41.7. The Bertz CT molecular complexity index is 1600. The summed E-state index contributed by atoms with van der Waals surface area (Å²) in [5.41, 5.74) is -0.0452. The van der Waals surface area contributed by atoms with E-state index in [2.05, 4.69) is 20.1 Å². The Morgan fingerprint density at radius 1 is 1.08 bits per heavy atom. The molecule has 0 radical (unpaired) electrons. The van der Waals surface area contributed by atoms with Crippen LogP contribution in [0.3, 0.4) is 0 Å². The van der Waals surface area contributed by atoms with Gasteiger partial charge in [-0.1, -0.05) is 12.1 Å². The third kappa shape index (κ3) is 4.89. The minimum atomic E-state index is -4.65. The van der Waals surface area contributed by atoms with Crippen molar-refractivity contribution in [2.45, 2.75) is 44.0 Å². The van der Waals surface area contributed by atoms with E-state index in [9.17, 15) is 27.9 Å². The molecule has 202 valence electrons. The lowest BCUT2D eigenvalue weighted by Crippen LogP contribution is -2.50. The minimum absolute atomic E-state index is 0.0545. The highest BCUT2D eigenvalue weighted by Gasteiger charge is 2.39. The zero-order valence-corrected chi connectivity index (χ0v) is 20.7. The SMILES string of the molecule is O=C(C1CC1)N1CCC(O)(Cn2cnc3c(cnn3-c3ccc(-c4ccnc(C(F)(F)F)n4)cc3)c2=O)CC1. The summed E-state index contributed by atoms with van der Waals surface area (Å²) in [6.07, 6.45) is 1.79. The first-order valence-electron chi connectivity index (χ1n) is 12.6. The Balaban J connectivity index is 1.20. The molecule has 39 heavy (non-hydrogen) atoms. The topological polar surface area (TPSA) is 119 Å². The average Bonchev–Trinajstić information content (AvgIpc) is 3.69. The number of likely N-dealkylation sites (tertiary alicyclic amines) is 1. The number of nitrogens with zero attached hydrogens (tertiary/aromatic N) is 7. The van der Waals surface area contributed by atoms with Crippen LogP contribution in [-0.4, -0.2) is 63.9 Å². The van der Waals surface area contributed by atoms with Gasteiger partial charge in [0.25, 0.3) is 5.56 Å². The zero-order valence-electron chi connectivity index (χ0n) is 20.7.